The molecule has 0 spiro atoms. The fourth-order valence-electron chi connectivity index (χ4n) is 5.99. The van der Waals surface area contributed by atoms with Crippen LogP contribution in [0.25, 0.3) is 87.4 Å². The van der Waals surface area contributed by atoms with Crippen molar-refractivity contribution in [1.82, 2.24) is 15.0 Å². The molecule has 9 aromatic rings. The summed E-state index contributed by atoms with van der Waals surface area (Å²) in [5, 5.41) is 4.77. The monoisotopic (exact) mass is 581 g/mol. The van der Waals surface area contributed by atoms with Gasteiger partial charge in [0.2, 0.25) is 0 Å². The minimum absolute atomic E-state index is 0.607. The van der Waals surface area contributed by atoms with Gasteiger partial charge in [-0.05, 0) is 35.4 Å². The molecule has 0 aliphatic heterocycles. The second-order valence-corrected chi connectivity index (χ2v) is 11.9. The summed E-state index contributed by atoms with van der Waals surface area (Å²) in [5.41, 5.74) is 6.83. The number of hydrogen-bond donors (Lipinski definition) is 0. The van der Waals surface area contributed by atoms with Crippen LogP contribution in [0.3, 0.4) is 0 Å². The van der Waals surface area contributed by atoms with Crippen LogP contribution >= 0.6 is 11.3 Å². The number of nitrogens with zero attached hydrogens (tertiary/aromatic N) is 3. The molecule has 0 fully saturated rings. The Bertz CT molecular complexity index is 2490. The lowest BCUT2D eigenvalue weighted by Gasteiger charge is -2.09. The first-order valence-corrected chi connectivity index (χ1v) is 15.3. The Morgan fingerprint density at radius 2 is 1.00 bits per heavy atom. The predicted molar refractivity (Wildman–Crippen MR) is 182 cm³/mol. The van der Waals surface area contributed by atoms with Gasteiger partial charge in [-0.25, -0.2) is 15.0 Å². The third-order valence-electron chi connectivity index (χ3n) is 8.16. The lowest BCUT2D eigenvalue weighted by atomic mass is 10.0. The van der Waals surface area contributed by atoms with Crippen molar-refractivity contribution < 1.29 is 4.42 Å². The van der Waals surface area contributed by atoms with E-state index in [1.807, 2.05) is 65.9 Å². The molecule has 3 aromatic heterocycles. The molecule has 0 amide bonds. The number of benzene rings is 6. The zero-order chi connectivity index (χ0) is 29.0. The zero-order valence-electron chi connectivity index (χ0n) is 23.4. The fourth-order valence-corrected chi connectivity index (χ4v) is 7.23. The van der Waals surface area contributed by atoms with Crippen LogP contribution in [0.2, 0.25) is 0 Å². The molecule has 0 radical (unpaired) electrons. The van der Waals surface area contributed by atoms with Crippen molar-refractivity contribution in [3.05, 3.63) is 140 Å². The molecule has 3 heterocycles. The van der Waals surface area contributed by atoms with Crippen LogP contribution in [0, 0.1) is 0 Å². The largest absolute Gasteiger partial charge is 0.456 e. The van der Waals surface area contributed by atoms with E-state index in [-0.39, 0.29) is 0 Å². The van der Waals surface area contributed by atoms with Crippen molar-refractivity contribution in [2.24, 2.45) is 0 Å². The molecule has 0 aliphatic rings. The maximum Gasteiger partial charge on any atom is 0.164 e. The Morgan fingerprint density at radius 1 is 0.409 bits per heavy atom. The van der Waals surface area contributed by atoms with Gasteiger partial charge in [0.05, 0.1) is 0 Å². The second kappa shape index (κ2) is 9.97. The highest BCUT2D eigenvalue weighted by atomic mass is 32.1. The molecule has 0 N–H and O–H groups in total. The first kappa shape index (κ1) is 24.9. The summed E-state index contributed by atoms with van der Waals surface area (Å²) in [6.45, 7) is 0. The number of thiophene rings is 1. The van der Waals surface area contributed by atoms with Crippen LogP contribution in [-0.4, -0.2) is 15.0 Å². The van der Waals surface area contributed by atoms with E-state index >= 15 is 0 Å². The molecule has 0 aliphatic carbocycles. The number of aromatic nitrogens is 3. The smallest absolute Gasteiger partial charge is 0.164 e. The summed E-state index contributed by atoms with van der Waals surface area (Å²) < 4.78 is 8.79. The van der Waals surface area contributed by atoms with Crippen molar-refractivity contribution in [3.63, 3.8) is 0 Å². The topological polar surface area (TPSA) is 51.8 Å². The summed E-state index contributed by atoms with van der Waals surface area (Å²) in [5.74, 6) is 1.87. The van der Waals surface area contributed by atoms with Gasteiger partial charge in [-0.2, -0.15) is 0 Å². The van der Waals surface area contributed by atoms with Crippen molar-refractivity contribution in [3.8, 4) is 45.3 Å². The van der Waals surface area contributed by atoms with Gasteiger partial charge in [-0.15, -0.1) is 11.3 Å². The molecular weight excluding hydrogens is 559 g/mol. The molecule has 5 heteroatoms. The molecule has 0 saturated heterocycles. The molecule has 0 saturated carbocycles. The number of hydrogen-bond acceptors (Lipinski definition) is 5. The van der Waals surface area contributed by atoms with Gasteiger partial charge in [-0.3, -0.25) is 0 Å². The minimum atomic E-state index is 0.607. The molecule has 206 valence electrons. The van der Waals surface area contributed by atoms with Crippen molar-refractivity contribution in [1.29, 1.82) is 0 Å². The fraction of sp³-hybridized carbons (Fsp3) is 0. The summed E-state index contributed by atoms with van der Waals surface area (Å²) >= 11 is 1.84. The normalized spacial score (nSPS) is 11.6. The first-order valence-electron chi connectivity index (χ1n) is 14.5. The average molecular weight is 582 g/mol. The van der Waals surface area contributed by atoms with Crippen LogP contribution in [0.15, 0.2) is 144 Å². The molecule has 9 rings (SSSR count). The van der Waals surface area contributed by atoms with Gasteiger partial charge in [-0.1, -0.05) is 115 Å². The Morgan fingerprint density at radius 3 is 1.82 bits per heavy atom. The Hall–Kier alpha value is -5.65. The van der Waals surface area contributed by atoms with Gasteiger partial charge in [0.1, 0.15) is 11.2 Å². The quantitative estimate of drug-likeness (QED) is 0.207. The van der Waals surface area contributed by atoms with E-state index in [4.69, 9.17) is 19.4 Å². The van der Waals surface area contributed by atoms with Gasteiger partial charge < -0.3 is 4.42 Å². The Labute approximate surface area is 256 Å². The Balaban J connectivity index is 1.16. The molecule has 0 bridgehead atoms. The van der Waals surface area contributed by atoms with Crippen LogP contribution in [0.5, 0.6) is 0 Å². The third-order valence-corrected chi connectivity index (χ3v) is 9.38. The predicted octanol–water partition coefficient (Wildman–Crippen LogP) is 10.8. The summed E-state index contributed by atoms with van der Waals surface area (Å²) in [4.78, 5) is 14.8. The highest BCUT2D eigenvalue weighted by molar-refractivity contribution is 7.26. The molecule has 4 nitrogen and oxygen atoms in total. The molecule has 0 atom stereocenters. The standard InChI is InChI=1S/C39H23N3OS/c1-2-9-25(10-3-1)37-40-38(42-39(41-37)27-21-22-30-29-11-4-6-15-33(29)43-34(30)23-27)26-19-17-24(18-20-26)28-13-8-14-32-31-12-5-7-16-35(31)44-36(28)32/h1-23H. The van der Waals surface area contributed by atoms with Gasteiger partial charge >= 0.3 is 0 Å². The van der Waals surface area contributed by atoms with E-state index in [1.54, 1.807) is 0 Å². The maximum absolute atomic E-state index is 6.18. The van der Waals surface area contributed by atoms with Crippen molar-refractivity contribution in [2.45, 2.75) is 0 Å². The minimum Gasteiger partial charge on any atom is -0.456 e. The number of rotatable bonds is 4. The van der Waals surface area contributed by atoms with E-state index < -0.39 is 0 Å². The lowest BCUT2D eigenvalue weighted by Crippen LogP contribution is -2.00. The maximum atomic E-state index is 6.18. The van der Waals surface area contributed by atoms with E-state index in [1.165, 1.54) is 31.3 Å². The van der Waals surface area contributed by atoms with E-state index in [2.05, 4.69) is 84.9 Å². The van der Waals surface area contributed by atoms with Gasteiger partial charge in [0, 0.05) is 47.6 Å². The lowest BCUT2D eigenvalue weighted by molar-refractivity contribution is 0.669. The van der Waals surface area contributed by atoms with Crippen molar-refractivity contribution >= 4 is 53.4 Å². The molecule has 44 heavy (non-hydrogen) atoms. The SMILES string of the molecule is c1ccc(-c2nc(-c3ccc(-c4cccc5c4sc4ccccc45)cc3)nc(-c3ccc4c(c3)oc3ccccc34)n2)cc1. The Kier molecular flexibility index (Phi) is 5.64. The number of para-hydroxylation sites is 1. The van der Waals surface area contributed by atoms with Crippen LogP contribution in [0.4, 0.5) is 0 Å². The zero-order valence-corrected chi connectivity index (χ0v) is 24.3. The second-order valence-electron chi connectivity index (χ2n) is 10.8. The third kappa shape index (κ3) is 4.09. The average Bonchev–Trinajstić information content (AvgIpc) is 3.67. The van der Waals surface area contributed by atoms with Gasteiger partial charge in [0.25, 0.3) is 0 Å². The van der Waals surface area contributed by atoms with Crippen LogP contribution in [-0.2, 0) is 0 Å². The van der Waals surface area contributed by atoms with Crippen molar-refractivity contribution in [2.75, 3.05) is 0 Å². The van der Waals surface area contributed by atoms with E-state index in [0.717, 1.165) is 38.6 Å². The molecule has 0 unspecified atom stereocenters. The number of furan rings is 1. The number of fused-ring (bicyclic) bond motifs is 6. The van der Waals surface area contributed by atoms with Gasteiger partial charge in [0.15, 0.2) is 17.5 Å². The molecule has 6 aromatic carbocycles. The highest BCUT2D eigenvalue weighted by Gasteiger charge is 2.15. The van der Waals surface area contributed by atoms with E-state index in [0.29, 0.717) is 17.5 Å². The highest BCUT2D eigenvalue weighted by Crippen LogP contribution is 2.40. The summed E-state index contributed by atoms with van der Waals surface area (Å²) in [6, 6.07) is 48.1. The van der Waals surface area contributed by atoms with E-state index in [9.17, 15) is 0 Å². The summed E-state index contributed by atoms with van der Waals surface area (Å²) in [6.07, 6.45) is 0. The summed E-state index contributed by atoms with van der Waals surface area (Å²) in [7, 11) is 0. The van der Waals surface area contributed by atoms with Crippen LogP contribution < -0.4 is 0 Å². The molecular formula is C39H23N3OS. The van der Waals surface area contributed by atoms with Crippen LogP contribution in [0.1, 0.15) is 0 Å². The first-order chi connectivity index (χ1) is 21.8.